The number of aryl methyl sites for hydroxylation is 2. The molecule has 0 radical (unpaired) electrons. The second kappa shape index (κ2) is 5.10. The van der Waals surface area contributed by atoms with E-state index in [9.17, 15) is 4.79 Å². The number of hydrogen-bond donors (Lipinski definition) is 2. The summed E-state index contributed by atoms with van der Waals surface area (Å²) >= 11 is 5.94. The number of halogens is 1. The summed E-state index contributed by atoms with van der Waals surface area (Å²) in [5, 5.41) is 9.91. The van der Waals surface area contributed by atoms with Gasteiger partial charge in [-0.1, -0.05) is 23.7 Å². The normalized spacial score (nSPS) is 10.2. The van der Waals surface area contributed by atoms with Gasteiger partial charge in [0.1, 0.15) is 0 Å². The fraction of sp³-hybridized carbons (Fsp3) is 0.167. The van der Waals surface area contributed by atoms with Crippen LogP contribution in [-0.2, 0) is 7.05 Å². The average Bonchev–Trinajstić information content (AvgIpc) is 2.61. The van der Waals surface area contributed by atoms with Gasteiger partial charge in [0.2, 0.25) is 0 Å². The number of carbonyl (C=O) groups is 1. The Bertz CT molecular complexity index is 560. The number of anilines is 2. The van der Waals surface area contributed by atoms with Crippen LogP contribution < -0.4 is 10.6 Å². The fourth-order valence-corrected chi connectivity index (χ4v) is 1.64. The highest BCUT2D eigenvalue weighted by molar-refractivity contribution is 6.33. The lowest BCUT2D eigenvalue weighted by Gasteiger charge is -2.06. The monoisotopic (exact) mass is 264 g/mol. The van der Waals surface area contributed by atoms with E-state index in [1.54, 1.807) is 35.0 Å². The molecule has 1 heterocycles. The van der Waals surface area contributed by atoms with Crippen LogP contribution in [0.1, 0.15) is 5.69 Å². The third-order valence-electron chi connectivity index (χ3n) is 2.48. The van der Waals surface area contributed by atoms with Crippen molar-refractivity contribution >= 4 is 29.1 Å². The van der Waals surface area contributed by atoms with E-state index < -0.39 is 0 Å². The standard InChI is InChI=1S/C12H13ClN4O/c1-8-7-11(16-17(8)2)15-12(18)14-10-6-4-3-5-9(10)13/h3-7H,1-2H3,(H2,14,15,16,18). The Morgan fingerprint density at radius 1 is 1.33 bits per heavy atom. The molecule has 0 unspecified atom stereocenters. The van der Waals surface area contributed by atoms with Gasteiger partial charge >= 0.3 is 6.03 Å². The van der Waals surface area contributed by atoms with Crippen molar-refractivity contribution in [2.75, 3.05) is 10.6 Å². The minimum absolute atomic E-state index is 0.374. The van der Waals surface area contributed by atoms with E-state index in [0.29, 0.717) is 16.5 Å². The van der Waals surface area contributed by atoms with Gasteiger partial charge in [-0.05, 0) is 19.1 Å². The maximum Gasteiger partial charge on any atom is 0.324 e. The van der Waals surface area contributed by atoms with Gasteiger partial charge in [0.15, 0.2) is 5.82 Å². The Balaban J connectivity index is 2.03. The van der Waals surface area contributed by atoms with E-state index in [1.807, 2.05) is 14.0 Å². The minimum atomic E-state index is -0.374. The van der Waals surface area contributed by atoms with E-state index >= 15 is 0 Å². The minimum Gasteiger partial charge on any atom is -0.306 e. The number of benzene rings is 1. The highest BCUT2D eigenvalue weighted by Gasteiger charge is 2.07. The van der Waals surface area contributed by atoms with E-state index in [0.717, 1.165) is 5.69 Å². The molecule has 6 heteroatoms. The van der Waals surface area contributed by atoms with Crippen LogP contribution in [0.5, 0.6) is 0 Å². The number of nitrogens with zero attached hydrogens (tertiary/aromatic N) is 2. The van der Waals surface area contributed by atoms with Crippen molar-refractivity contribution < 1.29 is 4.79 Å². The quantitative estimate of drug-likeness (QED) is 0.876. The van der Waals surface area contributed by atoms with E-state index in [-0.39, 0.29) is 6.03 Å². The van der Waals surface area contributed by atoms with Gasteiger partial charge in [0, 0.05) is 18.8 Å². The Morgan fingerprint density at radius 3 is 2.67 bits per heavy atom. The molecular formula is C12H13ClN4O. The number of urea groups is 1. The van der Waals surface area contributed by atoms with Gasteiger partial charge in [-0.3, -0.25) is 10.00 Å². The van der Waals surface area contributed by atoms with Gasteiger partial charge in [0.25, 0.3) is 0 Å². The van der Waals surface area contributed by atoms with Gasteiger partial charge in [-0.15, -0.1) is 0 Å². The van der Waals surface area contributed by atoms with Crippen molar-refractivity contribution in [3.63, 3.8) is 0 Å². The lowest BCUT2D eigenvalue weighted by atomic mass is 10.3. The van der Waals surface area contributed by atoms with Crippen molar-refractivity contribution in [2.24, 2.45) is 7.05 Å². The summed E-state index contributed by atoms with van der Waals surface area (Å²) in [6.07, 6.45) is 0. The summed E-state index contributed by atoms with van der Waals surface area (Å²) in [5.74, 6) is 0.500. The summed E-state index contributed by atoms with van der Waals surface area (Å²) in [6, 6.07) is 8.45. The van der Waals surface area contributed by atoms with Crippen molar-refractivity contribution in [1.82, 2.24) is 9.78 Å². The zero-order valence-electron chi connectivity index (χ0n) is 10.1. The summed E-state index contributed by atoms with van der Waals surface area (Å²) in [6.45, 7) is 1.91. The number of para-hydroxylation sites is 1. The number of amides is 2. The Hall–Kier alpha value is -2.01. The topological polar surface area (TPSA) is 59.0 Å². The molecule has 1 aromatic heterocycles. The largest absolute Gasteiger partial charge is 0.324 e. The molecule has 2 N–H and O–H groups in total. The summed E-state index contributed by atoms with van der Waals surface area (Å²) in [4.78, 5) is 11.7. The van der Waals surface area contributed by atoms with Gasteiger partial charge < -0.3 is 5.32 Å². The summed E-state index contributed by atoms with van der Waals surface area (Å²) in [7, 11) is 1.81. The molecule has 0 aliphatic heterocycles. The Morgan fingerprint density at radius 2 is 2.06 bits per heavy atom. The first-order chi connectivity index (χ1) is 8.56. The predicted octanol–water partition coefficient (Wildman–Crippen LogP) is 3.03. The molecule has 0 aliphatic carbocycles. The molecule has 18 heavy (non-hydrogen) atoms. The smallest absolute Gasteiger partial charge is 0.306 e. The Labute approximate surface area is 110 Å². The van der Waals surface area contributed by atoms with Crippen molar-refractivity contribution in [3.05, 3.63) is 41.0 Å². The highest BCUT2D eigenvalue weighted by atomic mass is 35.5. The molecule has 1 aromatic carbocycles. The maximum atomic E-state index is 11.7. The molecule has 2 aromatic rings. The molecule has 0 aliphatic rings. The fourth-order valence-electron chi connectivity index (χ4n) is 1.45. The molecule has 0 atom stereocenters. The van der Waals surface area contributed by atoms with Crippen LogP contribution in [-0.4, -0.2) is 15.8 Å². The van der Waals surface area contributed by atoms with Crippen LogP contribution in [0.2, 0.25) is 5.02 Å². The first kappa shape index (κ1) is 12.4. The van der Waals surface area contributed by atoms with Crippen LogP contribution in [0.4, 0.5) is 16.3 Å². The molecule has 0 saturated heterocycles. The Kier molecular flexibility index (Phi) is 3.53. The van der Waals surface area contributed by atoms with Gasteiger partial charge in [0.05, 0.1) is 10.7 Å². The van der Waals surface area contributed by atoms with E-state index in [1.165, 1.54) is 0 Å². The van der Waals surface area contributed by atoms with Gasteiger partial charge in [-0.25, -0.2) is 4.79 Å². The number of hydrogen-bond acceptors (Lipinski definition) is 2. The average molecular weight is 265 g/mol. The predicted molar refractivity (Wildman–Crippen MR) is 72.0 cm³/mol. The highest BCUT2D eigenvalue weighted by Crippen LogP contribution is 2.20. The first-order valence-electron chi connectivity index (χ1n) is 5.39. The van der Waals surface area contributed by atoms with Crippen LogP contribution in [0.15, 0.2) is 30.3 Å². The number of rotatable bonds is 2. The van der Waals surface area contributed by atoms with E-state index in [4.69, 9.17) is 11.6 Å². The van der Waals surface area contributed by atoms with Crippen molar-refractivity contribution in [2.45, 2.75) is 6.92 Å². The third-order valence-corrected chi connectivity index (χ3v) is 2.81. The zero-order valence-corrected chi connectivity index (χ0v) is 10.8. The molecule has 2 rings (SSSR count). The number of nitrogens with one attached hydrogen (secondary N) is 2. The molecule has 0 fully saturated rings. The summed E-state index contributed by atoms with van der Waals surface area (Å²) in [5.41, 5.74) is 1.52. The molecule has 5 nitrogen and oxygen atoms in total. The van der Waals surface area contributed by atoms with Crippen molar-refractivity contribution in [3.8, 4) is 0 Å². The zero-order chi connectivity index (χ0) is 13.1. The SMILES string of the molecule is Cc1cc(NC(=O)Nc2ccccc2Cl)nn1C. The lowest BCUT2D eigenvalue weighted by molar-refractivity contribution is 0.262. The summed E-state index contributed by atoms with van der Waals surface area (Å²) < 4.78 is 1.69. The van der Waals surface area contributed by atoms with E-state index in [2.05, 4.69) is 15.7 Å². The van der Waals surface area contributed by atoms with Crippen LogP contribution in [0.25, 0.3) is 0 Å². The molecule has 0 saturated carbocycles. The van der Waals surface area contributed by atoms with Crippen LogP contribution >= 0.6 is 11.6 Å². The molecular weight excluding hydrogens is 252 g/mol. The second-order valence-electron chi connectivity index (χ2n) is 3.85. The lowest BCUT2D eigenvalue weighted by Crippen LogP contribution is -2.20. The number of carbonyl (C=O) groups excluding carboxylic acids is 1. The second-order valence-corrected chi connectivity index (χ2v) is 4.26. The van der Waals surface area contributed by atoms with Crippen molar-refractivity contribution in [1.29, 1.82) is 0 Å². The van der Waals surface area contributed by atoms with Gasteiger partial charge in [-0.2, -0.15) is 5.10 Å². The first-order valence-corrected chi connectivity index (χ1v) is 5.77. The van der Waals surface area contributed by atoms with Crippen LogP contribution in [0, 0.1) is 6.92 Å². The molecule has 0 bridgehead atoms. The third kappa shape index (κ3) is 2.81. The molecule has 2 amide bonds. The molecule has 0 spiro atoms. The molecule has 94 valence electrons. The number of aromatic nitrogens is 2. The maximum absolute atomic E-state index is 11.7. The van der Waals surface area contributed by atoms with Crippen LogP contribution in [0.3, 0.4) is 0 Å².